The molecule has 2 unspecified atom stereocenters. The van der Waals surface area contributed by atoms with Crippen LogP contribution in [0.3, 0.4) is 0 Å². The van der Waals surface area contributed by atoms with Crippen LogP contribution in [-0.4, -0.2) is 16.1 Å². The first-order valence-electron chi connectivity index (χ1n) is 7.74. The van der Waals surface area contributed by atoms with E-state index in [1.807, 2.05) is 72.5 Å². The number of thioether (sulfide) groups is 1. The summed E-state index contributed by atoms with van der Waals surface area (Å²) in [6, 6.07) is 19.6. The fourth-order valence-corrected chi connectivity index (χ4v) is 4.57. The zero-order valence-corrected chi connectivity index (χ0v) is 14.6. The molecule has 120 valence electrons. The molecule has 2 atom stereocenters. The van der Waals surface area contributed by atoms with Crippen molar-refractivity contribution < 1.29 is 4.79 Å². The standard InChI is InChI=1S/C19H15ClN2OS/c1-12-18(23)22(14-8-3-2-4-9-14)19(24-12)15-11-13-7-5-6-10-16(13)21-17(15)20/h2-12,19H,1H3. The van der Waals surface area contributed by atoms with Crippen molar-refractivity contribution in [1.29, 1.82) is 0 Å². The van der Waals surface area contributed by atoms with Crippen LogP contribution in [0.15, 0.2) is 60.7 Å². The zero-order chi connectivity index (χ0) is 16.7. The third-order valence-electron chi connectivity index (χ3n) is 4.16. The number of halogens is 1. The molecule has 1 fully saturated rings. The van der Waals surface area contributed by atoms with Gasteiger partial charge in [0.25, 0.3) is 0 Å². The first kappa shape index (κ1) is 15.5. The van der Waals surface area contributed by atoms with Crippen molar-refractivity contribution in [2.24, 2.45) is 0 Å². The predicted octanol–water partition coefficient (Wildman–Crippen LogP) is 5.06. The molecular formula is C19H15ClN2OS. The molecule has 0 N–H and O–H groups in total. The van der Waals surface area contributed by atoms with Gasteiger partial charge in [-0.05, 0) is 31.2 Å². The Morgan fingerprint density at radius 1 is 1.08 bits per heavy atom. The Hall–Kier alpha value is -2.04. The van der Waals surface area contributed by atoms with E-state index in [4.69, 9.17) is 11.6 Å². The molecule has 3 aromatic rings. The van der Waals surface area contributed by atoms with Gasteiger partial charge in [-0.25, -0.2) is 4.98 Å². The number of hydrogen-bond donors (Lipinski definition) is 0. The van der Waals surface area contributed by atoms with Gasteiger partial charge in [0.1, 0.15) is 10.5 Å². The molecular weight excluding hydrogens is 340 g/mol. The summed E-state index contributed by atoms with van der Waals surface area (Å²) in [4.78, 5) is 19.0. The first-order chi connectivity index (χ1) is 11.6. The number of benzene rings is 2. The third-order valence-corrected chi connectivity index (χ3v) is 5.79. The van der Waals surface area contributed by atoms with Crippen LogP contribution in [0.2, 0.25) is 5.15 Å². The van der Waals surface area contributed by atoms with E-state index in [0.717, 1.165) is 22.2 Å². The lowest BCUT2D eigenvalue weighted by Gasteiger charge is -2.25. The van der Waals surface area contributed by atoms with Crippen LogP contribution < -0.4 is 4.90 Å². The maximum absolute atomic E-state index is 12.7. The molecule has 24 heavy (non-hydrogen) atoms. The second-order valence-corrected chi connectivity index (χ2v) is 7.52. The van der Waals surface area contributed by atoms with E-state index < -0.39 is 0 Å². The number of aromatic nitrogens is 1. The van der Waals surface area contributed by atoms with Crippen molar-refractivity contribution in [2.45, 2.75) is 17.5 Å². The van der Waals surface area contributed by atoms with Gasteiger partial charge in [0.15, 0.2) is 0 Å². The number of amides is 1. The molecule has 1 aromatic heterocycles. The molecule has 1 aliphatic heterocycles. The molecule has 3 nitrogen and oxygen atoms in total. The molecule has 0 spiro atoms. The lowest BCUT2D eigenvalue weighted by atomic mass is 10.1. The van der Waals surface area contributed by atoms with Crippen molar-refractivity contribution in [3.63, 3.8) is 0 Å². The summed E-state index contributed by atoms with van der Waals surface area (Å²) in [7, 11) is 0. The summed E-state index contributed by atoms with van der Waals surface area (Å²) in [5.41, 5.74) is 2.62. The maximum Gasteiger partial charge on any atom is 0.241 e. The summed E-state index contributed by atoms with van der Waals surface area (Å²) in [5, 5.41) is 1.20. The number of rotatable bonds is 2. The molecule has 2 aromatic carbocycles. The molecule has 0 saturated carbocycles. The third kappa shape index (κ3) is 2.56. The topological polar surface area (TPSA) is 33.2 Å². The summed E-state index contributed by atoms with van der Waals surface area (Å²) in [6.45, 7) is 1.94. The Morgan fingerprint density at radius 2 is 1.79 bits per heavy atom. The summed E-state index contributed by atoms with van der Waals surface area (Å²) < 4.78 is 0. The lowest BCUT2D eigenvalue weighted by Crippen LogP contribution is -2.30. The molecule has 1 amide bonds. The van der Waals surface area contributed by atoms with E-state index in [1.165, 1.54) is 0 Å². The summed E-state index contributed by atoms with van der Waals surface area (Å²) in [6.07, 6.45) is 0. The number of anilines is 1. The Bertz CT molecular complexity index is 916. The van der Waals surface area contributed by atoms with E-state index in [0.29, 0.717) is 5.15 Å². The Morgan fingerprint density at radius 3 is 2.58 bits per heavy atom. The van der Waals surface area contributed by atoms with Gasteiger partial charge in [0.05, 0.1) is 10.8 Å². The van der Waals surface area contributed by atoms with E-state index >= 15 is 0 Å². The van der Waals surface area contributed by atoms with Crippen molar-refractivity contribution in [1.82, 2.24) is 4.98 Å². The highest BCUT2D eigenvalue weighted by Crippen LogP contribution is 2.47. The first-order valence-corrected chi connectivity index (χ1v) is 9.06. The monoisotopic (exact) mass is 354 g/mol. The van der Waals surface area contributed by atoms with Gasteiger partial charge in [-0.3, -0.25) is 9.69 Å². The van der Waals surface area contributed by atoms with E-state index in [2.05, 4.69) is 4.98 Å². The molecule has 0 radical (unpaired) electrons. The van der Waals surface area contributed by atoms with E-state index in [1.54, 1.807) is 11.8 Å². The number of hydrogen-bond acceptors (Lipinski definition) is 3. The average molecular weight is 355 g/mol. The number of pyridine rings is 1. The molecule has 1 saturated heterocycles. The number of para-hydroxylation sites is 2. The Balaban J connectivity index is 1.85. The van der Waals surface area contributed by atoms with Gasteiger partial charge in [0.2, 0.25) is 5.91 Å². The Labute approximate surface area is 149 Å². The quantitative estimate of drug-likeness (QED) is 0.603. The lowest BCUT2D eigenvalue weighted by molar-refractivity contribution is -0.117. The van der Waals surface area contributed by atoms with Crippen LogP contribution in [0.25, 0.3) is 10.9 Å². The van der Waals surface area contributed by atoms with Crippen molar-refractivity contribution in [3.05, 3.63) is 71.4 Å². The van der Waals surface area contributed by atoms with Crippen LogP contribution in [-0.2, 0) is 4.79 Å². The van der Waals surface area contributed by atoms with Gasteiger partial charge in [0, 0.05) is 16.6 Å². The maximum atomic E-state index is 12.7. The van der Waals surface area contributed by atoms with Crippen molar-refractivity contribution >= 4 is 45.9 Å². The average Bonchev–Trinajstić information content (AvgIpc) is 2.90. The molecule has 1 aliphatic rings. The van der Waals surface area contributed by atoms with Crippen molar-refractivity contribution in [2.75, 3.05) is 4.90 Å². The predicted molar refractivity (Wildman–Crippen MR) is 100 cm³/mol. The molecule has 0 aliphatic carbocycles. The Kier molecular flexibility index (Phi) is 3.94. The van der Waals surface area contributed by atoms with Gasteiger partial charge < -0.3 is 0 Å². The minimum atomic E-state index is -0.167. The van der Waals surface area contributed by atoms with Gasteiger partial charge in [-0.1, -0.05) is 48.0 Å². The van der Waals surface area contributed by atoms with Gasteiger partial charge in [-0.2, -0.15) is 0 Å². The molecule has 2 heterocycles. The van der Waals surface area contributed by atoms with E-state index in [-0.39, 0.29) is 16.5 Å². The number of fused-ring (bicyclic) bond motifs is 1. The van der Waals surface area contributed by atoms with Crippen LogP contribution in [0.5, 0.6) is 0 Å². The second-order valence-electron chi connectivity index (χ2n) is 5.74. The normalized spacial score (nSPS) is 20.8. The summed E-state index contributed by atoms with van der Waals surface area (Å²) in [5.74, 6) is 0.0976. The SMILES string of the molecule is CC1SC(c2cc3ccccc3nc2Cl)N(c2ccccc2)C1=O. The molecule has 0 bridgehead atoms. The van der Waals surface area contributed by atoms with Crippen LogP contribution >= 0.6 is 23.4 Å². The minimum absolute atomic E-state index is 0.0976. The second kappa shape index (κ2) is 6.11. The fourth-order valence-electron chi connectivity index (χ4n) is 2.97. The highest BCUT2D eigenvalue weighted by atomic mass is 35.5. The highest BCUT2D eigenvalue weighted by molar-refractivity contribution is 8.01. The van der Waals surface area contributed by atoms with Crippen LogP contribution in [0.4, 0.5) is 5.69 Å². The molecule has 5 heteroatoms. The number of carbonyl (C=O) groups excluding carboxylic acids is 1. The van der Waals surface area contributed by atoms with Crippen LogP contribution in [0.1, 0.15) is 17.9 Å². The fraction of sp³-hybridized carbons (Fsp3) is 0.158. The van der Waals surface area contributed by atoms with Crippen molar-refractivity contribution in [3.8, 4) is 0 Å². The minimum Gasteiger partial charge on any atom is -0.295 e. The van der Waals surface area contributed by atoms with Crippen LogP contribution in [0, 0.1) is 0 Å². The summed E-state index contributed by atoms with van der Waals surface area (Å²) >= 11 is 8.07. The number of carbonyl (C=O) groups is 1. The number of nitrogens with zero attached hydrogens (tertiary/aromatic N) is 2. The highest BCUT2D eigenvalue weighted by Gasteiger charge is 2.40. The van der Waals surface area contributed by atoms with E-state index in [9.17, 15) is 4.79 Å². The smallest absolute Gasteiger partial charge is 0.241 e. The van der Waals surface area contributed by atoms with Gasteiger partial charge >= 0.3 is 0 Å². The largest absolute Gasteiger partial charge is 0.295 e. The zero-order valence-electron chi connectivity index (χ0n) is 13.0. The van der Waals surface area contributed by atoms with Gasteiger partial charge in [-0.15, -0.1) is 11.8 Å². The molecule has 4 rings (SSSR count).